The number of aliphatic hydroxyl groups excluding tert-OH is 2. The molecule has 0 saturated carbocycles. The zero-order chi connectivity index (χ0) is 24.2. The highest BCUT2D eigenvalue weighted by Gasteiger charge is 2.51. The molecule has 2 saturated heterocycles. The van der Waals surface area contributed by atoms with Crippen molar-refractivity contribution in [3.63, 3.8) is 0 Å². The fourth-order valence-corrected chi connectivity index (χ4v) is 6.63. The molecule has 6 nitrogen and oxygen atoms in total. The van der Waals surface area contributed by atoms with Gasteiger partial charge in [-0.15, -0.1) is 23.5 Å². The maximum atomic E-state index is 13.7. The molecule has 0 spiro atoms. The third-order valence-corrected chi connectivity index (χ3v) is 8.49. The first kappa shape index (κ1) is 24.5. The number of carbonyl (C=O) groups excluding carboxylic acids is 1. The van der Waals surface area contributed by atoms with Crippen molar-refractivity contribution < 1.29 is 29.2 Å². The van der Waals surface area contributed by atoms with E-state index in [1.807, 2.05) is 91.0 Å². The molecule has 2 heterocycles. The summed E-state index contributed by atoms with van der Waals surface area (Å²) in [6, 6.07) is 28.6. The van der Waals surface area contributed by atoms with Crippen LogP contribution in [0.4, 0.5) is 0 Å². The normalized spacial score (nSPS) is 28.4. The molecule has 3 aromatic carbocycles. The van der Waals surface area contributed by atoms with Crippen molar-refractivity contribution in [1.82, 2.24) is 0 Å². The Morgan fingerprint density at radius 2 is 1.31 bits per heavy atom. The molecule has 3 aromatic rings. The fraction of sp³-hybridized carbons (Fsp3) is 0.296. The zero-order valence-corrected chi connectivity index (χ0v) is 20.4. The maximum absolute atomic E-state index is 13.7. The summed E-state index contributed by atoms with van der Waals surface area (Å²) in [7, 11) is 0. The Morgan fingerprint density at radius 1 is 0.771 bits per heavy atom. The predicted molar refractivity (Wildman–Crippen MR) is 134 cm³/mol. The first-order valence-electron chi connectivity index (χ1n) is 11.4. The average Bonchev–Trinajstić information content (AvgIpc) is 2.91. The molecule has 2 fully saturated rings. The molecule has 0 amide bonds. The number of hydrogen-bond acceptors (Lipinski definition) is 8. The van der Waals surface area contributed by atoms with Gasteiger partial charge in [0.15, 0.2) is 12.1 Å². The lowest BCUT2D eigenvalue weighted by atomic mass is 9.92. The minimum atomic E-state index is -1.42. The van der Waals surface area contributed by atoms with Gasteiger partial charge in [-0.1, -0.05) is 66.7 Å². The Bertz CT molecular complexity index is 1060. The van der Waals surface area contributed by atoms with Crippen LogP contribution in [0, 0.1) is 0 Å². The summed E-state index contributed by atoms with van der Waals surface area (Å²) in [6.45, 7) is 0.139. The van der Waals surface area contributed by atoms with E-state index in [2.05, 4.69) is 0 Å². The van der Waals surface area contributed by atoms with Gasteiger partial charge in [0.1, 0.15) is 35.1 Å². The minimum Gasteiger partial charge on any atom is -0.387 e. The van der Waals surface area contributed by atoms with Crippen molar-refractivity contribution in [2.24, 2.45) is 0 Å². The van der Waals surface area contributed by atoms with Crippen LogP contribution in [0.25, 0.3) is 0 Å². The lowest BCUT2D eigenvalue weighted by Crippen LogP contribution is -2.64. The Labute approximate surface area is 212 Å². The molecular weight excluding hydrogens is 484 g/mol. The molecule has 35 heavy (non-hydrogen) atoms. The molecule has 2 aliphatic heterocycles. The van der Waals surface area contributed by atoms with Gasteiger partial charge in [0.05, 0.1) is 6.61 Å². The van der Waals surface area contributed by atoms with E-state index in [1.54, 1.807) is 0 Å². The van der Waals surface area contributed by atoms with Crippen LogP contribution in [-0.2, 0) is 19.0 Å². The van der Waals surface area contributed by atoms with Crippen molar-refractivity contribution >= 4 is 29.3 Å². The van der Waals surface area contributed by atoms with Gasteiger partial charge in [-0.2, -0.15) is 0 Å². The summed E-state index contributed by atoms with van der Waals surface area (Å²) < 4.78 is 17.2. The SMILES string of the molecule is O=C(C(Sc1ccccc1)Sc1ccccc1)[C@@H]1O[C@@H]2CO[C@H](c3ccccc3)O[C@@H]2[C@H](O)[C@H]1O. The smallest absolute Gasteiger partial charge is 0.187 e. The first-order valence-corrected chi connectivity index (χ1v) is 13.2. The van der Waals surface area contributed by atoms with E-state index in [0.717, 1.165) is 15.4 Å². The van der Waals surface area contributed by atoms with E-state index in [9.17, 15) is 15.0 Å². The van der Waals surface area contributed by atoms with Crippen LogP contribution < -0.4 is 0 Å². The predicted octanol–water partition coefficient (Wildman–Crippen LogP) is 4.07. The van der Waals surface area contributed by atoms with Crippen LogP contribution in [0.2, 0.25) is 0 Å². The lowest BCUT2D eigenvalue weighted by molar-refractivity contribution is -0.323. The van der Waals surface area contributed by atoms with Gasteiger partial charge >= 0.3 is 0 Å². The van der Waals surface area contributed by atoms with Crippen molar-refractivity contribution in [2.75, 3.05) is 6.61 Å². The molecule has 182 valence electrons. The number of fused-ring (bicyclic) bond motifs is 1. The average molecular weight is 511 g/mol. The highest BCUT2D eigenvalue weighted by Crippen LogP contribution is 2.40. The molecular formula is C27H26O6S2. The van der Waals surface area contributed by atoms with E-state index >= 15 is 0 Å². The monoisotopic (exact) mass is 510 g/mol. The van der Waals surface area contributed by atoms with Gasteiger partial charge in [-0.3, -0.25) is 4.79 Å². The maximum Gasteiger partial charge on any atom is 0.187 e. The molecule has 8 heteroatoms. The molecule has 0 bridgehead atoms. The lowest BCUT2D eigenvalue weighted by Gasteiger charge is -2.46. The second kappa shape index (κ2) is 11.3. The van der Waals surface area contributed by atoms with Crippen LogP contribution in [0.1, 0.15) is 11.9 Å². The number of ether oxygens (including phenoxy) is 3. The standard InChI is InChI=1S/C27H26O6S2/c28-21-22(29)25(32-20-16-31-26(33-24(20)21)17-10-4-1-5-11-17)23(30)27(34-18-12-6-2-7-13-18)35-19-14-8-3-9-15-19/h1-15,20-22,24-29H,16H2/t20-,21-,22-,24+,25-,26+/m1/s1. The quantitative estimate of drug-likeness (QED) is 0.364. The van der Waals surface area contributed by atoms with Crippen LogP contribution in [0.5, 0.6) is 0 Å². The fourth-order valence-electron chi connectivity index (χ4n) is 4.15. The topological polar surface area (TPSA) is 85.2 Å². The zero-order valence-electron chi connectivity index (χ0n) is 18.8. The van der Waals surface area contributed by atoms with E-state index in [1.165, 1.54) is 23.5 Å². The van der Waals surface area contributed by atoms with Gasteiger partial charge in [-0.05, 0) is 24.3 Å². The number of ketones is 1. The van der Waals surface area contributed by atoms with E-state index in [4.69, 9.17) is 14.2 Å². The second-order valence-corrected chi connectivity index (χ2v) is 11.0. The number of benzene rings is 3. The molecule has 0 radical (unpaired) electrons. The molecule has 0 unspecified atom stereocenters. The highest BCUT2D eigenvalue weighted by atomic mass is 32.2. The van der Waals surface area contributed by atoms with Gasteiger partial charge in [0.25, 0.3) is 0 Å². The van der Waals surface area contributed by atoms with Crippen LogP contribution in [0.15, 0.2) is 101 Å². The van der Waals surface area contributed by atoms with Gasteiger partial charge in [0, 0.05) is 15.4 Å². The number of thioether (sulfide) groups is 2. The van der Waals surface area contributed by atoms with E-state index in [0.29, 0.717) is 0 Å². The molecule has 5 rings (SSSR count). The van der Waals surface area contributed by atoms with Gasteiger partial charge < -0.3 is 24.4 Å². The third-order valence-electron chi connectivity index (χ3n) is 5.93. The molecule has 0 aliphatic carbocycles. The second-order valence-electron chi connectivity index (χ2n) is 8.35. The van der Waals surface area contributed by atoms with Crippen molar-refractivity contribution in [3.05, 3.63) is 96.6 Å². The Morgan fingerprint density at radius 3 is 1.89 bits per heavy atom. The molecule has 2 N–H and O–H groups in total. The van der Waals surface area contributed by atoms with Crippen LogP contribution in [0.3, 0.4) is 0 Å². The first-order chi connectivity index (χ1) is 17.1. The Kier molecular flexibility index (Phi) is 7.89. The largest absolute Gasteiger partial charge is 0.387 e. The van der Waals surface area contributed by atoms with E-state index < -0.39 is 41.4 Å². The summed E-state index contributed by atoms with van der Waals surface area (Å²) in [4.78, 5) is 15.6. The Balaban J connectivity index is 1.33. The number of Topliss-reactive ketones (excluding diaryl/α,β-unsaturated/α-hetero) is 1. The molecule has 2 aliphatic rings. The summed E-state index contributed by atoms with van der Waals surface area (Å²) in [5.74, 6) is -0.303. The summed E-state index contributed by atoms with van der Waals surface area (Å²) in [6.07, 6.45) is -6.08. The van der Waals surface area contributed by atoms with Crippen molar-refractivity contribution in [3.8, 4) is 0 Å². The van der Waals surface area contributed by atoms with E-state index in [-0.39, 0.29) is 12.4 Å². The Hall–Kier alpha value is -2.17. The summed E-state index contributed by atoms with van der Waals surface area (Å²) in [5, 5.41) is 21.9. The van der Waals surface area contributed by atoms with Crippen LogP contribution >= 0.6 is 23.5 Å². The molecule has 0 aromatic heterocycles. The van der Waals surface area contributed by atoms with Gasteiger partial charge in [-0.25, -0.2) is 0 Å². The third kappa shape index (κ3) is 5.65. The summed E-state index contributed by atoms with van der Waals surface area (Å²) >= 11 is 2.79. The minimum absolute atomic E-state index is 0.139. The number of aliphatic hydroxyl groups is 2. The van der Waals surface area contributed by atoms with Crippen molar-refractivity contribution in [2.45, 2.75) is 51.2 Å². The number of carbonyl (C=O) groups is 1. The van der Waals surface area contributed by atoms with Gasteiger partial charge in [0.2, 0.25) is 0 Å². The number of hydrogen-bond donors (Lipinski definition) is 2. The van der Waals surface area contributed by atoms with Crippen LogP contribution in [-0.4, -0.2) is 57.7 Å². The number of rotatable bonds is 7. The highest BCUT2D eigenvalue weighted by molar-refractivity contribution is 8.18. The summed E-state index contributed by atoms with van der Waals surface area (Å²) in [5.41, 5.74) is 0.810. The van der Waals surface area contributed by atoms with Crippen molar-refractivity contribution in [1.29, 1.82) is 0 Å². The molecule has 6 atom stereocenters.